The zero-order chi connectivity index (χ0) is 19.1. The van der Waals surface area contributed by atoms with Crippen LogP contribution in [0.3, 0.4) is 0 Å². The van der Waals surface area contributed by atoms with E-state index < -0.39 is 5.92 Å². The van der Waals surface area contributed by atoms with Gasteiger partial charge in [-0.25, -0.2) is 4.39 Å². The average molecular weight is 404 g/mol. The molecule has 1 aliphatic carbocycles. The Morgan fingerprint density at radius 3 is 2.48 bits per heavy atom. The minimum Gasteiger partial charge on any atom is -0.294 e. The normalized spacial score (nSPS) is 20.1. The quantitative estimate of drug-likeness (QED) is 0.648. The van der Waals surface area contributed by atoms with E-state index in [1.807, 2.05) is 6.07 Å². The largest absolute Gasteiger partial charge is 0.294 e. The first kappa shape index (κ1) is 18.2. The first-order chi connectivity index (χ1) is 13.0. The molecule has 0 fully saturated rings. The Morgan fingerprint density at radius 2 is 1.74 bits per heavy atom. The van der Waals surface area contributed by atoms with Crippen LogP contribution in [-0.4, -0.2) is 11.7 Å². The van der Waals surface area contributed by atoms with Crippen LogP contribution in [0.5, 0.6) is 0 Å². The van der Waals surface area contributed by atoms with Gasteiger partial charge < -0.3 is 0 Å². The van der Waals surface area contributed by atoms with Crippen molar-refractivity contribution in [3.8, 4) is 0 Å². The predicted octanol–water partition coefficient (Wildman–Crippen LogP) is 5.66. The molecular formula is C21H16Cl2FNO2. The van der Waals surface area contributed by atoms with E-state index in [2.05, 4.69) is 0 Å². The van der Waals surface area contributed by atoms with Gasteiger partial charge in [-0.2, -0.15) is 0 Å². The van der Waals surface area contributed by atoms with Gasteiger partial charge in [0.25, 0.3) is 0 Å². The maximum atomic E-state index is 13.3. The lowest BCUT2D eigenvalue weighted by Gasteiger charge is -2.38. The summed E-state index contributed by atoms with van der Waals surface area (Å²) in [5.74, 6) is -0.906. The van der Waals surface area contributed by atoms with Gasteiger partial charge in [0, 0.05) is 35.7 Å². The third-order valence-electron chi connectivity index (χ3n) is 5.12. The molecule has 0 saturated carbocycles. The minimum absolute atomic E-state index is 0.0249. The van der Waals surface area contributed by atoms with E-state index in [4.69, 9.17) is 23.2 Å². The molecule has 0 spiro atoms. The summed E-state index contributed by atoms with van der Waals surface area (Å²) in [6.07, 6.45) is 1.85. The van der Waals surface area contributed by atoms with Gasteiger partial charge in [0.05, 0.1) is 10.0 Å². The number of anilines is 1. The second kappa shape index (κ2) is 7.10. The van der Waals surface area contributed by atoms with Crippen LogP contribution in [0.25, 0.3) is 0 Å². The Balaban J connectivity index is 1.88. The van der Waals surface area contributed by atoms with Gasteiger partial charge in [-0.05, 0) is 48.7 Å². The first-order valence-electron chi connectivity index (χ1n) is 8.76. The molecule has 1 unspecified atom stereocenters. The van der Waals surface area contributed by atoms with E-state index in [1.165, 1.54) is 12.1 Å². The Kier molecular flexibility index (Phi) is 4.79. The molecule has 0 N–H and O–H groups in total. The lowest BCUT2D eigenvalue weighted by Crippen LogP contribution is -2.40. The molecule has 0 radical (unpaired) electrons. The number of rotatable bonds is 2. The molecule has 1 heterocycles. The van der Waals surface area contributed by atoms with Gasteiger partial charge in [0.1, 0.15) is 5.82 Å². The lowest BCUT2D eigenvalue weighted by atomic mass is 9.77. The number of carbonyl (C=O) groups is 2. The number of hydrogen-bond donors (Lipinski definition) is 0. The number of hydrogen-bond acceptors (Lipinski definition) is 2. The highest BCUT2D eigenvalue weighted by Crippen LogP contribution is 2.45. The average Bonchev–Trinajstić information content (AvgIpc) is 2.65. The van der Waals surface area contributed by atoms with Gasteiger partial charge in [-0.15, -0.1) is 0 Å². The van der Waals surface area contributed by atoms with Crippen LogP contribution in [0.1, 0.15) is 37.2 Å². The topological polar surface area (TPSA) is 37.4 Å². The summed E-state index contributed by atoms with van der Waals surface area (Å²) in [5.41, 5.74) is 2.57. The molecule has 3 nitrogen and oxygen atoms in total. The summed E-state index contributed by atoms with van der Waals surface area (Å²) in [6.45, 7) is 0. The number of nitrogens with zero attached hydrogens (tertiary/aromatic N) is 1. The standard InChI is InChI=1S/C21H16Cl2FNO2/c22-16-4-1-3-14(21(16)23)15-11-19(27)25(13-9-7-12(24)8-10-13)17-5-2-6-18(26)20(15)17/h1,3-4,7-10,15H,2,5-6,11H2. The van der Waals surface area contributed by atoms with Crippen molar-refractivity contribution in [2.24, 2.45) is 0 Å². The summed E-state index contributed by atoms with van der Waals surface area (Å²) < 4.78 is 13.3. The molecule has 1 amide bonds. The molecule has 6 heteroatoms. The summed E-state index contributed by atoms with van der Waals surface area (Å²) in [7, 11) is 0. The summed E-state index contributed by atoms with van der Waals surface area (Å²) in [6, 6.07) is 11.0. The Morgan fingerprint density at radius 1 is 1.00 bits per heavy atom. The first-order valence-corrected chi connectivity index (χ1v) is 9.51. The second-order valence-corrected chi connectivity index (χ2v) is 7.53. The van der Waals surface area contributed by atoms with Crippen molar-refractivity contribution in [2.75, 3.05) is 4.90 Å². The van der Waals surface area contributed by atoms with Crippen LogP contribution in [0.4, 0.5) is 10.1 Å². The van der Waals surface area contributed by atoms with Gasteiger partial charge >= 0.3 is 0 Å². The number of amides is 1. The molecule has 2 aromatic rings. The number of allylic oxidation sites excluding steroid dienone is 2. The SMILES string of the molecule is O=C1CCCC2=C1C(c1cccc(Cl)c1Cl)CC(=O)N2c1ccc(F)cc1. The predicted molar refractivity (Wildman–Crippen MR) is 104 cm³/mol. The van der Waals surface area contributed by atoms with Crippen molar-refractivity contribution in [3.05, 3.63) is 75.2 Å². The lowest BCUT2D eigenvalue weighted by molar-refractivity contribution is -0.119. The van der Waals surface area contributed by atoms with Crippen LogP contribution in [-0.2, 0) is 9.59 Å². The zero-order valence-corrected chi connectivity index (χ0v) is 15.9. The molecule has 2 aliphatic rings. The van der Waals surface area contributed by atoms with Crippen LogP contribution in [0.2, 0.25) is 10.0 Å². The third-order valence-corrected chi connectivity index (χ3v) is 5.95. The molecular weight excluding hydrogens is 388 g/mol. The van der Waals surface area contributed by atoms with E-state index >= 15 is 0 Å². The third kappa shape index (κ3) is 3.17. The van der Waals surface area contributed by atoms with Crippen molar-refractivity contribution in [3.63, 3.8) is 0 Å². The molecule has 1 aliphatic heterocycles. The molecule has 0 aromatic heterocycles. The van der Waals surface area contributed by atoms with Crippen molar-refractivity contribution in [1.29, 1.82) is 0 Å². The van der Waals surface area contributed by atoms with E-state index in [-0.39, 0.29) is 23.9 Å². The number of Topliss-reactive ketones (excluding diaryl/α,β-unsaturated/α-hetero) is 1. The van der Waals surface area contributed by atoms with Crippen molar-refractivity contribution >= 4 is 40.6 Å². The van der Waals surface area contributed by atoms with E-state index in [0.717, 1.165) is 0 Å². The molecule has 4 rings (SSSR count). The molecule has 1 atom stereocenters. The summed E-state index contributed by atoms with van der Waals surface area (Å²) in [5, 5.41) is 0.769. The number of halogens is 3. The summed E-state index contributed by atoms with van der Waals surface area (Å²) >= 11 is 12.5. The molecule has 138 valence electrons. The zero-order valence-electron chi connectivity index (χ0n) is 14.3. The molecule has 0 saturated heterocycles. The monoisotopic (exact) mass is 403 g/mol. The van der Waals surface area contributed by atoms with E-state index in [9.17, 15) is 14.0 Å². The van der Waals surface area contributed by atoms with Crippen LogP contribution < -0.4 is 4.90 Å². The van der Waals surface area contributed by atoms with E-state index in [0.29, 0.717) is 51.8 Å². The van der Waals surface area contributed by atoms with Gasteiger partial charge in [0.2, 0.25) is 5.91 Å². The smallest absolute Gasteiger partial charge is 0.232 e. The number of benzene rings is 2. The van der Waals surface area contributed by atoms with Gasteiger partial charge in [0.15, 0.2) is 5.78 Å². The van der Waals surface area contributed by atoms with Crippen LogP contribution >= 0.6 is 23.2 Å². The van der Waals surface area contributed by atoms with E-state index in [1.54, 1.807) is 29.2 Å². The summed E-state index contributed by atoms with van der Waals surface area (Å²) in [4.78, 5) is 27.4. The number of carbonyl (C=O) groups excluding carboxylic acids is 2. The fraction of sp³-hybridized carbons (Fsp3) is 0.238. The molecule has 27 heavy (non-hydrogen) atoms. The number of ketones is 1. The second-order valence-electron chi connectivity index (χ2n) is 6.74. The van der Waals surface area contributed by atoms with Gasteiger partial charge in [-0.1, -0.05) is 35.3 Å². The highest BCUT2D eigenvalue weighted by atomic mass is 35.5. The van der Waals surface area contributed by atoms with Crippen molar-refractivity contribution < 1.29 is 14.0 Å². The molecule has 2 aromatic carbocycles. The van der Waals surface area contributed by atoms with Crippen molar-refractivity contribution in [2.45, 2.75) is 31.6 Å². The van der Waals surface area contributed by atoms with Crippen molar-refractivity contribution in [1.82, 2.24) is 0 Å². The van der Waals surface area contributed by atoms with Crippen LogP contribution in [0.15, 0.2) is 53.7 Å². The minimum atomic E-state index is -0.414. The maximum Gasteiger partial charge on any atom is 0.232 e. The van der Waals surface area contributed by atoms with Crippen LogP contribution in [0, 0.1) is 5.82 Å². The Bertz CT molecular complexity index is 969. The molecule has 0 bridgehead atoms. The van der Waals surface area contributed by atoms with Gasteiger partial charge in [-0.3, -0.25) is 14.5 Å². The Labute approximate surface area is 166 Å². The highest BCUT2D eigenvalue weighted by molar-refractivity contribution is 6.42. The fourth-order valence-electron chi connectivity index (χ4n) is 3.94. The Hall–Kier alpha value is -2.17. The highest BCUT2D eigenvalue weighted by Gasteiger charge is 2.40. The maximum absolute atomic E-state index is 13.3. The fourth-order valence-corrected chi connectivity index (χ4v) is 4.38.